The summed E-state index contributed by atoms with van der Waals surface area (Å²) in [5.74, 6) is -0.388. The lowest BCUT2D eigenvalue weighted by molar-refractivity contribution is -0.126. The van der Waals surface area contributed by atoms with Crippen molar-refractivity contribution in [2.24, 2.45) is 5.92 Å². The van der Waals surface area contributed by atoms with Crippen LogP contribution in [0, 0.1) is 5.92 Å². The molecule has 0 aromatic heterocycles. The molecule has 0 spiro atoms. The fourth-order valence-electron chi connectivity index (χ4n) is 2.15. The molecule has 0 aromatic rings. The minimum Gasteiger partial charge on any atom is -0.444 e. The molecule has 0 unspecified atom stereocenters. The van der Waals surface area contributed by atoms with E-state index in [1.54, 1.807) is 4.90 Å². The molecule has 0 radical (unpaired) electrons. The Hall–Kier alpha value is -1.31. The Kier molecular flexibility index (Phi) is 6.22. The summed E-state index contributed by atoms with van der Waals surface area (Å²) in [4.78, 5) is 25.5. The molecule has 0 aromatic carbocycles. The minimum absolute atomic E-state index is 0.0600. The Labute approximate surface area is 132 Å². The van der Waals surface area contributed by atoms with E-state index in [1.807, 2.05) is 20.8 Å². The number of amides is 2. The first-order chi connectivity index (χ1) is 9.98. The van der Waals surface area contributed by atoms with Gasteiger partial charge in [-0.1, -0.05) is 0 Å². The van der Waals surface area contributed by atoms with Gasteiger partial charge in [0.05, 0.1) is 5.75 Å². The monoisotopic (exact) mass is 334 g/mol. The van der Waals surface area contributed by atoms with Crippen molar-refractivity contribution in [3.63, 3.8) is 0 Å². The average Bonchev–Trinajstić information content (AvgIpc) is 2.35. The molecule has 8 heteroatoms. The maximum absolute atomic E-state index is 11.9. The second kappa shape index (κ2) is 7.30. The molecule has 0 atom stereocenters. The highest BCUT2D eigenvalue weighted by molar-refractivity contribution is 7.90. The molecule has 1 aliphatic rings. The number of nitrogens with one attached hydrogen (secondary N) is 1. The van der Waals surface area contributed by atoms with Gasteiger partial charge in [0.1, 0.15) is 15.4 Å². The molecule has 7 nitrogen and oxygen atoms in total. The van der Waals surface area contributed by atoms with Crippen molar-refractivity contribution >= 4 is 21.8 Å². The number of likely N-dealkylation sites (tertiary alicyclic amines) is 1. The Morgan fingerprint density at radius 3 is 2.23 bits per heavy atom. The number of hydrogen-bond acceptors (Lipinski definition) is 5. The van der Waals surface area contributed by atoms with Crippen LogP contribution in [-0.2, 0) is 19.4 Å². The topological polar surface area (TPSA) is 92.8 Å². The van der Waals surface area contributed by atoms with Gasteiger partial charge in [-0.15, -0.1) is 0 Å². The van der Waals surface area contributed by atoms with Crippen LogP contribution in [-0.4, -0.2) is 62.6 Å². The van der Waals surface area contributed by atoms with Gasteiger partial charge < -0.3 is 15.0 Å². The molecular formula is C14H26N2O5S. The highest BCUT2D eigenvalue weighted by Gasteiger charge is 2.29. The van der Waals surface area contributed by atoms with Crippen LogP contribution >= 0.6 is 0 Å². The molecule has 1 rings (SSSR count). The molecule has 0 bridgehead atoms. The largest absolute Gasteiger partial charge is 0.444 e. The number of hydrogen-bond donors (Lipinski definition) is 1. The normalized spacial score (nSPS) is 17.2. The molecular weight excluding hydrogens is 308 g/mol. The Balaban J connectivity index is 2.35. The van der Waals surface area contributed by atoms with Crippen LogP contribution in [0.3, 0.4) is 0 Å². The lowest BCUT2D eigenvalue weighted by Crippen LogP contribution is -2.45. The van der Waals surface area contributed by atoms with Gasteiger partial charge in [-0.2, -0.15) is 0 Å². The van der Waals surface area contributed by atoms with E-state index in [-0.39, 0.29) is 30.2 Å². The molecule has 128 valence electrons. The van der Waals surface area contributed by atoms with E-state index in [2.05, 4.69) is 5.32 Å². The number of nitrogens with zero attached hydrogens (tertiary/aromatic N) is 1. The summed E-state index contributed by atoms with van der Waals surface area (Å²) in [6.07, 6.45) is 1.90. The molecule has 1 saturated heterocycles. The maximum atomic E-state index is 11.9. The van der Waals surface area contributed by atoms with Crippen LogP contribution in [0.5, 0.6) is 0 Å². The molecule has 1 fully saturated rings. The summed E-state index contributed by atoms with van der Waals surface area (Å²) in [7, 11) is -3.07. The number of piperidine rings is 1. The smallest absolute Gasteiger partial charge is 0.410 e. The van der Waals surface area contributed by atoms with Gasteiger partial charge >= 0.3 is 6.09 Å². The summed E-state index contributed by atoms with van der Waals surface area (Å²) in [5.41, 5.74) is -0.531. The third-order valence-electron chi connectivity index (χ3n) is 3.29. The number of carbonyl (C=O) groups is 2. The van der Waals surface area contributed by atoms with Gasteiger partial charge in [-0.25, -0.2) is 13.2 Å². The van der Waals surface area contributed by atoms with Crippen molar-refractivity contribution < 1.29 is 22.7 Å². The standard InChI is InChI=1S/C14H26N2O5S/c1-14(2,3)21-13(18)16-8-5-11(6-9-16)12(17)15-7-10-22(4,19)20/h11H,5-10H2,1-4H3,(H,15,17). The van der Waals surface area contributed by atoms with E-state index >= 15 is 0 Å². The lowest BCUT2D eigenvalue weighted by Gasteiger charge is -2.32. The van der Waals surface area contributed by atoms with E-state index in [4.69, 9.17) is 4.74 Å². The zero-order valence-electron chi connectivity index (χ0n) is 13.7. The van der Waals surface area contributed by atoms with Crippen molar-refractivity contribution in [1.29, 1.82) is 0 Å². The SMILES string of the molecule is CC(C)(C)OC(=O)N1CCC(C(=O)NCCS(C)(=O)=O)CC1. The first-order valence-corrected chi connectivity index (χ1v) is 9.47. The van der Waals surface area contributed by atoms with E-state index in [9.17, 15) is 18.0 Å². The van der Waals surface area contributed by atoms with Crippen LogP contribution in [0.1, 0.15) is 33.6 Å². The number of ether oxygens (including phenoxy) is 1. The van der Waals surface area contributed by atoms with E-state index in [0.29, 0.717) is 25.9 Å². The highest BCUT2D eigenvalue weighted by Crippen LogP contribution is 2.19. The van der Waals surface area contributed by atoms with Crippen LogP contribution in [0.4, 0.5) is 4.79 Å². The number of rotatable bonds is 4. The number of sulfone groups is 1. The van der Waals surface area contributed by atoms with Crippen LogP contribution in [0.25, 0.3) is 0 Å². The lowest BCUT2D eigenvalue weighted by atomic mass is 9.96. The summed E-state index contributed by atoms with van der Waals surface area (Å²) in [5, 5.41) is 2.64. The average molecular weight is 334 g/mol. The first-order valence-electron chi connectivity index (χ1n) is 7.41. The highest BCUT2D eigenvalue weighted by atomic mass is 32.2. The zero-order valence-corrected chi connectivity index (χ0v) is 14.5. The zero-order chi connectivity index (χ0) is 17.0. The molecule has 1 heterocycles. The minimum atomic E-state index is -3.07. The van der Waals surface area contributed by atoms with Crippen molar-refractivity contribution in [2.75, 3.05) is 31.6 Å². The van der Waals surface area contributed by atoms with Crippen LogP contribution in [0.2, 0.25) is 0 Å². The Morgan fingerprint density at radius 1 is 1.23 bits per heavy atom. The van der Waals surface area contributed by atoms with Crippen molar-refractivity contribution in [3.8, 4) is 0 Å². The predicted octanol–water partition coefficient (Wildman–Crippen LogP) is 0.794. The van der Waals surface area contributed by atoms with Crippen molar-refractivity contribution in [3.05, 3.63) is 0 Å². The predicted molar refractivity (Wildman–Crippen MR) is 83.3 cm³/mol. The van der Waals surface area contributed by atoms with Crippen LogP contribution in [0.15, 0.2) is 0 Å². The molecule has 0 aliphatic carbocycles. The summed E-state index contributed by atoms with van der Waals surface area (Å²) in [6.45, 7) is 6.51. The Bertz CT molecular complexity index is 502. The second-order valence-corrected chi connectivity index (χ2v) is 8.92. The number of carbonyl (C=O) groups excluding carboxylic acids is 2. The van der Waals surface area contributed by atoms with Crippen molar-refractivity contribution in [1.82, 2.24) is 10.2 Å². The Morgan fingerprint density at radius 2 is 1.77 bits per heavy atom. The van der Waals surface area contributed by atoms with Gasteiger partial charge in [-0.05, 0) is 33.6 Å². The molecule has 1 N–H and O–H groups in total. The molecule has 2 amide bonds. The summed E-state index contributed by atoms with van der Waals surface area (Å²) in [6, 6.07) is 0. The fourth-order valence-corrected chi connectivity index (χ4v) is 2.63. The quantitative estimate of drug-likeness (QED) is 0.821. The maximum Gasteiger partial charge on any atom is 0.410 e. The summed E-state index contributed by atoms with van der Waals surface area (Å²) >= 11 is 0. The van der Waals surface area contributed by atoms with Gasteiger partial charge in [-0.3, -0.25) is 4.79 Å². The van der Waals surface area contributed by atoms with Crippen molar-refractivity contribution in [2.45, 2.75) is 39.2 Å². The summed E-state index contributed by atoms with van der Waals surface area (Å²) < 4.78 is 27.3. The molecule has 0 saturated carbocycles. The molecule has 22 heavy (non-hydrogen) atoms. The first kappa shape index (κ1) is 18.7. The van der Waals surface area contributed by atoms with Gasteiger partial charge in [0, 0.05) is 31.8 Å². The van der Waals surface area contributed by atoms with E-state index in [0.717, 1.165) is 6.26 Å². The van der Waals surface area contributed by atoms with Gasteiger partial charge in [0.2, 0.25) is 5.91 Å². The van der Waals surface area contributed by atoms with E-state index < -0.39 is 15.4 Å². The third kappa shape index (κ3) is 7.11. The van der Waals surface area contributed by atoms with E-state index in [1.165, 1.54) is 0 Å². The fraction of sp³-hybridized carbons (Fsp3) is 0.857. The van der Waals surface area contributed by atoms with Gasteiger partial charge in [0.15, 0.2) is 0 Å². The second-order valence-electron chi connectivity index (χ2n) is 6.66. The molecule has 1 aliphatic heterocycles. The third-order valence-corrected chi connectivity index (χ3v) is 4.24. The van der Waals surface area contributed by atoms with Gasteiger partial charge in [0.25, 0.3) is 0 Å². The van der Waals surface area contributed by atoms with Crippen LogP contribution < -0.4 is 5.32 Å².